The molecule has 6 nitrogen and oxygen atoms in total. The van der Waals surface area contributed by atoms with Crippen LogP contribution in [0.5, 0.6) is 0 Å². The van der Waals surface area contributed by atoms with Gasteiger partial charge in [0.15, 0.2) is 0 Å². The highest BCUT2D eigenvalue weighted by atomic mass is 19.4. The summed E-state index contributed by atoms with van der Waals surface area (Å²) >= 11 is 0. The van der Waals surface area contributed by atoms with E-state index in [4.69, 9.17) is 0 Å². The zero-order valence-electron chi connectivity index (χ0n) is 16.3. The predicted octanol–water partition coefficient (Wildman–Crippen LogP) is 3.49. The van der Waals surface area contributed by atoms with Crippen molar-refractivity contribution in [3.63, 3.8) is 0 Å². The molecule has 0 bridgehead atoms. The van der Waals surface area contributed by atoms with Gasteiger partial charge in [0.25, 0.3) is 0 Å². The molecule has 0 spiro atoms. The number of imidazole rings is 1. The Morgan fingerprint density at radius 3 is 2.32 bits per heavy atom. The van der Waals surface area contributed by atoms with Crippen molar-refractivity contribution >= 4 is 22.8 Å². The molecule has 9 heteroatoms. The topological polar surface area (TPSA) is 73.1 Å². The first-order valence-electron chi connectivity index (χ1n) is 9.23. The molecule has 1 saturated heterocycles. The van der Waals surface area contributed by atoms with E-state index in [0.717, 1.165) is 10.1 Å². The van der Waals surface area contributed by atoms with Crippen LogP contribution in [0.4, 0.5) is 13.2 Å². The molecule has 3 rings (SSSR count). The Kier molecular flexibility index (Phi) is 6.36. The van der Waals surface area contributed by atoms with E-state index in [1.54, 1.807) is 18.2 Å². The molecular weight excluding hydrogens is 375 g/mol. The Labute approximate surface area is 160 Å². The number of benzene rings is 1. The van der Waals surface area contributed by atoms with E-state index < -0.39 is 36.3 Å². The van der Waals surface area contributed by atoms with Gasteiger partial charge in [-0.2, -0.15) is 13.2 Å². The van der Waals surface area contributed by atoms with Crippen LogP contribution >= 0.6 is 0 Å². The molecule has 28 heavy (non-hydrogen) atoms. The number of halogens is 3. The smallest absolute Gasteiger partial charge is 0.295 e. The van der Waals surface area contributed by atoms with Crippen molar-refractivity contribution in [1.29, 1.82) is 0 Å². The number of hydrogen-bond acceptors (Lipinski definition) is 3. The summed E-state index contributed by atoms with van der Waals surface area (Å²) < 4.78 is 40.7. The van der Waals surface area contributed by atoms with Crippen LogP contribution in [0.1, 0.15) is 58.1 Å². The molecule has 0 radical (unpaired) electrons. The van der Waals surface area contributed by atoms with Gasteiger partial charge in [-0.15, -0.1) is 0 Å². The van der Waals surface area contributed by atoms with Crippen LogP contribution in [0.3, 0.4) is 0 Å². The molecule has 1 unspecified atom stereocenters. The normalized spacial score (nSPS) is 17.5. The second-order valence-electron chi connectivity index (χ2n) is 6.72. The fourth-order valence-corrected chi connectivity index (χ4v) is 3.22. The average Bonchev–Trinajstić information content (AvgIpc) is 2.87. The van der Waals surface area contributed by atoms with E-state index in [1.807, 2.05) is 27.7 Å². The lowest BCUT2D eigenvalue weighted by Crippen LogP contribution is -2.44. The predicted molar refractivity (Wildman–Crippen MR) is 99.1 cm³/mol. The van der Waals surface area contributed by atoms with Crippen molar-refractivity contribution in [3.05, 3.63) is 34.2 Å². The van der Waals surface area contributed by atoms with Gasteiger partial charge in [0.05, 0.1) is 11.0 Å². The van der Waals surface area contributed by atoms with Crippen molar-refractivity contribution in [2.75, 3.05) is 0 Å². The lowest BCUT2D eigenvalue weighted by atomic mass is 10.0. The summed E-state index contributed by atoms with van der Waals surface area (Å²) in [4.78, 5) is 36.2. The van der Waals surface area contributed by atoms with Gasteiger partial charge < -0.3 is 0 Å². The number of nitrogens with one attached hydrogen (secondary N) is 1. The summed E-state index contributed by atoms with van der Waals surface area (Å²) in [5, 5.41) is 2.14. The zero-order valence-corrected chi connectivity index (χ0v) is 16.3. The maximum absolute atomic E-state index is 13.0. The number of carbonyl (C=O) groups is 2. The van der Waals surface area contributed by atoms with Crippen molar-refractivity contribution in [2.24, 2.45) is 0 Å². The molecule has 2 aromatic rings. The maximum Gasteiger partial charge on any atom is 0.406 e. The summed E-state index contributed by atoms with van der Waals surface area (Å²) in [7, 11) is 0. The zero-order chi connectivity index (χ0) is 21.2. The number of alkyl halides is 3. The van der Waals surface area contributed by atoms with E-state index in [1.165, 1.54) is 0 Å². The minimum Gasteiger partial charge on any atom is -0.295 e. The molecule has 1 aromatic heterocycles. The molecular formula is C19H24F3N3O3. The molecule has 1 fully saturated rings. The van der Waals surface area contributed by atoms with E-state index in [2.05, 4.69) is 5.32 Å². The number of amides is 2. The first-order chi connectivity index (χ1) is 13.1. The molecule has 1 aliphatic heterocycles. The average molecular weight is 399 g/mol. The fraction of sp³-hybridized carbons (Fsp3) is 0.526. The number of rotatable bonds is 3. The third-order valence-corrected chi connectivity index (χ3v) is 4.51. The number of imide groups is 1. The number of piperidine rings is 1. The van der Waals surface area contributed by atoms with Gasteiger partial charge in [0, 0.05) is 6.42 Å². The minimum atomic E-state index is -4.58. The Morgan fingerprint density at radius 1 is 1.14 bits per heavy atom. The van der Waals surface area contributed by atoms with Crippen LogP contribution < -0.4 is 11.0 Å². The van der Waals surface area contributed by atoms with Crippen LogP contribution in [0, 0.1) is 0 Å². The van der Waals surface area contributed by atoms with Crippen LogP contribution in [-0.2, 0) is 16.1 Å². The Balaban J connectivity index is 0.00000136. The first-order valence-corrected chi connectivity index (χ1v) is 9.23. The second kappa shape index (κ2) is 8.20. The van der Waals surface area contributed by atoms with Gasteiger partial charge >= 0.3 is 11.9 Å². The second-order valence-corrected chi connectivity index (χ2v) is 6.72. The van der Waals surface area contributed by atoms with Gasteiger partial charge in [0.1, 0.15) is 12.6 Å². The monoisotopic (exact) mass is 399 g/mol. The molecule has 1 aromatic carbocycles. The molecule has 0 aliphatic carbocycles. The highest BCUT2D eigenvalue weighted by molar-refractivity contribution is 6.00. The van der Waals surface area contributed by atoms with Gasteiger partial charge in [0.2, 0.25) is 11.8 Å². The lowest BCUT2D eigenvalue weighted by molar-refractivity contribution is -0.140. The van der Waals surface area contributed by atoms with E-state index in [-0.39, 0.29) is 29.8 Å². The van der Waals surface area contributed by atoms with Gasteiger partial charge in [-0.25, -0.2) is 4.79 Å². The standard InChI is InChI=1S/C17H18F3N3O3.C2H6/c1-9(2)10-3-4-11-13(7-10)22(8-17(18,19)20)16(26)23(11)12-5-6-14(24)21-15(12)25;1-2/h3-4,7,9,12H,5-6,8H2,1-2H3,(H,21,24,25);1-2H3. The van der Waals surface area contributed by atoms with Gasteiger partial charge in [-0.1, -0.05) is 33.8 Å². The van der Waals surface area contributed by atoms with E-state index in [0.29, 0.717) is 4.57 Å². The molecule has 1 atom stereocenters. The van der Waals surface area contributed by atoms with E-state index in [9.17, 15) is 27.6 Å². The highest BCUT2D eigenvalue weighted by Gasteiger charge is 2.35. The number of nitrogens with zero attached hydrogens (tertiary/aromatic N) is 2. The number of aromatic nitrogens is 2. The summed E-state index contributed by atoms with van der Waals surface area (Å²) in [5.74, 6) is -1.07. The highest BCUT2D eigenvalue weighted by Crippen LogP contribution is 2.28. The molecule has 2 heterocycles. The lowest BCUT2D eigenvalue weighted by Gasteiger charge is -2.22. The Hall–Kier alpha value is -2.58. The molecule has 1 aliphatic rings. The van der Waals surface area contributed by atoms with Gasteiger partial charge in [-0.3, -0.25) is 24.0 Å². The Morgan fingerprint density at radius 2 is 1.79 bits per heavy atom. The van der Waals surface area contributed by atoms with Gasteiger partial charge in [-0.05, 0) is 30.0 Å². The van der Waals surface area contributed by atoms with Crippen LogP contribution in [0.2, 0.25) is 0 Å². The third-order valence-electron chi connectivity index (χ3n) is 4.51. The van der Waals surface area contributed by atoms with Crippen molar-refractivity contribution in [1.82, 2.24) is 14.5 Å². The SMILES string of the molecule is CC.CC(C)c1ccc2c(c1)n(CC(F)(F)F)c(=O)n2C1CCC(=O)NC1=O. The number of fused-ring (bicyclic) bond motifs is 1. The molecule has 0 saturated carbocycles. The maximum atomic E-state index is 13.0. The van der Waals surface area contributed by atoms with Crippen molar-refractivity contribution in [3.8, 4) is 0 Å². The van der Waals surface area contributed by atoms with E-state index >= 15 is 0 Å². The first kappa shape index (κ1) is 21.7. The Bertz CT molecular complexity index is 942. The largest absolute Gasteiger partial charge is 0.406 e. The van der Waals surface area contributed by atoms with Crippen LogP contribution in [0.15, 0.2) is 23.0 Å². The molecule has 2 amide bonds. The minimum absolute atomic E-state index is 0.0267. The fourth-order valence-electron chi connectivity index (χ4n) is 3.22. The quantitative estimate of drug-likeness (QED) is 0.803. The number of hydrogen-bond donors (Lipinski definition) is 1. The van der Waals surface area contributed by atoms with Crippen LogP contribution in [0.25, 0.3) is 11.0 Å². The van der Waals surface area contributed by atoms with Crippen molar-refractivity contribution in [2.45, 2.75) is 65.2 Å². The van der Waals surface area contributed by atoms with Crippen LogP contribution in [-0.4, -0.2) is 27.1 Å². The molecule has 1 N–H and O–H groups in total. The molecule has 154 valence electrons. The summed E-state index contributed by atoms with van der Waals surface area (Å²) in [6.07, 6.45) is -4.48. The summed E-state index contributed by atoms with van der Waals surface area (Å²) in [6.45, 7) is 6.35. The summed E-state index contributed by atoms with van der Waals surface area (Å²) in [6, 6.07) is 3.83. The number of carbonyl (C=O) groups excluding carboxylic acids is 2. The van der Waals surface area contributed by atoms with Crippen molar-refractivity contribution < 1.29 is 22.8 Å². The summed E-state index contributed by atoms with van der Waals surface area (Å²) in [5.41, 5.74) is 0.253. The third kappa shape index (κ3) is 4.28.